The van der Waals surface area contributed by atoms with Crippen molar-refractivity contribution in [3.05, 3.63) is 35.9 Å². The summed E-state index contributed by atoms with van der Waals surface area (Å²) in [6, 6.07) is 8.55. The molecular weight excluding hydrogens is 293 g/mol. The van der Waals surface area contributed by atoms with E-state index in [1.54, 1.807) is 0 Å². The number of sulfone groups is 1. The van der Waals surface area contributed by atoms with Crippen molar-refractivity contribution >= 4 is 23.0 Å². The molecule has 0 radical (unpaired) electrons. The molecule has 1 atom stereocenters. The number of hydrogen-bond donors (Lipinski definition) is 1. The number of ether oxygens (including phenoxy) is 1. The molecule has 1 aromatic rings. The fourth-order valence-corrected chi connectivity index (χ4v) is 2.74. The zero-order valence-electron chi connectivity index (χ0n) is 11.8. The molecule has 1 N–H and O–H groups in total. The summed E-state index contributed by atoms with van der Waals surface area (Å²) in [7, 11) is -2.64. The maximum atomic E-state index is 11.7. The number of nitrogens with one attached hydrogen (secondary N) is 1. The van der Waals surface area contributed by atoms with Gasteiger partial charge in [-0.15, -0.1) is 0 Å². The van der Waals surface area contributed by atoms with Gasteiger partial charge in [0.15, 0.2) is 0 Å². The van der Waals surface area contributed by atoms with Crippen LogP contribution < -0.4 is 5.32 Å². The molecule has 21 heavy (non-hydrogen) atoms. The third-order valence-electron chi connectivity index (χ3n) is 2.65. The van der Waals surface area contributed by atoms with E-state index in [4.69, 9.17) is 4.74 Å². The molecule has 1 aromatic carbocycles. The first-order valence-electron chi connectivity index (χ1n) is 6.45. The van der Waals surface area contributed by atoms with E-state index in [1.807, 2.05) is 30.3 Å². The van der Waals surface area contributed by atoms with Crippen molar-refractivity contribution in [3.63, 3.8) is 0 Å². The van der Waals surface area contributed by atoms with Crippen LogP contribution >= 0.6 is 0 Å². The first-order valence-corrected chi connectivity index (χ1v) is 8.51. The van der Waals surface area contributed by atoms with E-state index in [0.717, 1.165) is 11.8 Å². The van der Waals surface area contributed by atoms with Crippen molar-refractivity contribution in [2.24, 2.45) is 0 Å². The summed E-state index contributed by atoms with van der Waals surface area (Å²) in [5.74, 6) is -0.729. The SMILES string of the molecule is CS(=O)(=O)CC(CC(=O)OCc1ccccc1)NCB=O. The molecule has 0 saturated carbocycles. The normalized spacial score (nSPS) is 12.4. The molecule has 0 aliphatic heterocycles. The first-order chi connectivity index (χ1) is 9.90. The third-order valence-corrected chi connectivity index (χ3v) is 3.66. The van der Waals surface area contributed by atoms with E-state index >= 15 is 0 Å². The van der Waals surface area contributed by atoms with Crippen molar-refractivity contribution in [3.8, 4) is 0 Å². The minimum absolute atomic E-state index is 0.00779. The van der Waals surface area contributed by atoms with Gasteiger partial charge in [-0.1, -0.05) is 0 Å². The quantitative estimate of drug-likeness (QED) is 0.515. The fraction of sp³-hybridized carbons (Fsp3) is 0.462. The van der Waals surface area contributed by atoms with E-state index in [9.17, 15) is 17.9 Å². The number of carbonyl (C=O) groups is 1. The van der Waals surface area contributed by atoms with Gasteiger partial charge in [0.2, 0.25) is 0 Å². The number of hydrogen-bond acceptors (Lipinski definition) is 6. The van der Waals surface area contributed by atoms with Gasteiger partial charge >= 0.3 is 124 Å². The van der Waals surface area contributed by atoms with E-state index in [-0.39, 0.29) is 25.2 Å². The van der Waals surface area contributed by atoms with Crippen LogP contribution in [0.25, 0.3) is 0 Å². The first kappa shape index (κ1) is 17.5. The summed E-state index contributed by atoms with van der Waals surface area (Å²) in [6.07, 6.45) is 0.970. The van der Waals surface area contributed by atoms with E-state index in [2.05, 4.69) is 5.32 Å². The number of rotatable bonds is 9. The zero-order chi connectivity index (χ0) is 15.7. The average molecular weight is 311 g/mol. The van der Waals surface area contributed by atoms with Crippen molar-refractivity contribution in [2.75, 3.05) is 18.5 Å². The van der Waals surface area contributed by atoms with Crippen LogP contribution in [0.5, 0.6) is 0 Å². The molecule has 0 bridgehead atoms. The predicted octanol–water partition coefficient (Wildman–Crippen LogP) is 0.130. The van der Waals surface area contributed by atoms with Crippen LogP contribution in [0, 0.1) is 0 Å². The molecule has 114 valence electrons. The van der Waals surface area contributed by atoms with E-state index in [1.165, 1.54) is 0 Å². The summed E-state index contributed by atoms with van der Waals surface area (Å²) < 4.78 is 38.0. The molecule has 1 rings (SSSR count). The average Bonchev–Trinajstić information content (AvgIpc) is 2.42. The van der Waals surface area contributed by atoms with Gasteiger partial charge in [-0.25, -0.2) is 0 Å². The van der Waals surface area contributed by atoms with E-state index < -0.39 is 21.8 Å². The van der Waals surface area contributed by atoms with Gasteiger partial charge in [0.25, 0.3) is 0 Å². The fourth-order valence-electron chi connectivity index (χ4n) is 1.77. The van der Waals surface area contributed by atoms with Crippen molar-refractivity contribution in [1.82, 2.24) is 5.32 Å². The van der Waals surface area contributed by atoms with Crippen LogP contribution in [0.4, 0.5) is 0 Å². The Morgan fingerprint density at radius 1 is 1.33 bits per heavy atom. The Balaban J connectivity index is 2.49. The van der Waals surface area contributed by atoms with Gasteiger partial charge in [-0.05, 0) is 0 Å². The minimum atomic E-state index is -3.25. The second-order valence-corrected chi connectivity index (χ2v) is 6.90. The van der Waals surface area contributed by atoms with Crippen molar-refractivity contribution in [1.29, 1.82) is 0 Å². The number of benzene rings is 1. The van der Waals surface area contributed by atoms with Gasteiger partial charge in [-0.3, -0.25) is 0 Å². The molecule has 0 aromatic heterocycles. The second-order valence-electron chi connectivity index (χ2n) is 4.71. The standard InChI is InChI=1S/C13H18BNO5S/c1-21(18,19)9-12(15-10-14-17)7-13(16)20-8-11-5-3-2-4-6-11/h2-6,12,15H,7-10H2,1H3. The van der Waals surface area contributed by atoms with Gasteiger partial charge in [-0.2, -0.15) is 0 Å². The topological polar surface area (TPSA) is 89.5 Å². The zero-order valence-corrected chi connectivity index (χ0v) is 12.6. The molecular formula is C13H18BNO5S. The van der Waals surface area contributed by atoms with Gasteiger partial charge < -0.3 is 0 Å². The maximum absolute atomic E-state index is 11.7. The molecule has 0 aliphatic carbocycles. The van der Waals surface area contributed by atoms with Gasteiger partial charge in [0, 0.05) is 0 Å². The Morgan fingerprint density at radius 3 is 2.57 bits per heavy atom. The number of esters is 1. The van der Waals surface area contributed by atoms with Crippen LogP contribution in [-0.4, -0.2) is 46.0 Å². The molecule has 0 heterocycles. The summed E-state index contributed by atoms with van der Waals surface area (Å²) in [5.41, 5.74) is 0.853. The molecule has 6 nitrogen and oxygen atoms in total. The molecule has 0 fully saturated rings. The summed E-state index contributed by atoms with van der Waals surface area (Å²) in [4.78, 5) is 11.7. The number of carbonyl (C=O) groups excluding carboxylic acids is 1. The molecule has 1 unspecified atom stereocenters. The molecule has 0 aliphatic rings. The van der Waals surface area contributed by atoms with Crippen LogP contribution in [0.3, 0.4) is 0 Å². The summed E-state index contributed by atoms with van der Waals surface area (Å²) >= 11 is 0. The Hall–Kier alpha value is -1.54. The van der Waals surface area contributed by atoms with Crippen LogP contribution in [0.15, 0.2) is 30.3 Å². The molecule has 0 spiro atoms. The van der Waals surface area contributed by atoms with Crippen molar-refractivity contribution < 1.29 is 22.7 Å². The Bertz CT molecular complexity index is 561. The molecule has 0 saturated heterocycles. The summed E-state index contributed by atoms with van der Waals surface area (Å²) in [6.45, 7) is 0.138. The molecule has 8 heteroatoms. The van der Waals surface area contributed by atoms with Crippen LogP contribution in [0.2, 0.25) is 0 Å². The Kier molecular flexibility index (Phi) is 7.24. The Labute approximate surface area is 125 Å². The predicted molar refractivity (Wildman–Crippen MR) is 78.8 cm³/mol. The second kappa shape index (κ2) is 8.69. The summed E-state index contributed by atoms with van der Waals surface area (Å²) in [5, 5.41) is 2.71. The van der Waals surface area contributed by atoms with Gasteiger partial charge in [0.05, 0.1) is 0 Å². The van der Waals surface area contributed by atoms with Gasteiger partial charge in [0.1, 0.15) is 0 Å². The van der Waals surface area contributed by atoms with Crippen molar-refractivity contribution in [2.45, 2.75) is 19.1 Å². The third kappa shape index (κ3) is 8.36. The van der Waals surface area contributed by atoms with E-state index in [0.29, 0.717) is 7.15 Å². The van der Waals surface area contributed by atoms with Crippen LogP contribution in [0.1, 0.15) is 12.0 Å². The monoisotopic (exact) mass is 311 g/mol. The molecule has 0 amide bonds. The van der Waals surface area contributed by atoms with Crippen LogP contribution in [-0.2, 0) is 30.7 Å². The Morgan fingerprint density at radius 2 is 2.00 bits per heavy atom.